The molecular formula is C18H22Cl2P2. The Morgan fingerprint density at radius 2 is 1.32 bits per heavy atom. The quantitative estimate of drug-likeness (QED) is 0.476. The lowest BCUT2D eigenvalue weighted by Crippen LogP contribution is -2.10. The summed E-state index contributed by atoms with van der Waals surface area (Å²) in [6.45, 7) is 2.26. The molecule has 0 aromatic heterocycles. The van der Waals surface area contributed by atoms with Gasteiger partial charge in [0.15, 0.2) is 0 Å². The van der Waals surface area contributed by atoms with Gasteiger partial charge in [-0.15, -0.1) is 0 Å². The summed E-state index contributed by atoms with van der Waals surface area (Å²) in [5.41, 5.74) is 0. The molecule has 0 nitrogen and oxygen atoms in total. The van der Waals surface area contributed by atoms with E-state index in [-0.39, 0.29) is 0 Å². The van der Waals surface area contributed by atoms with Crippen molar-refractivity contribution in [3.63, 3.8) is 0 Å². The van der Waals surface area contributed by atoms with Crippen LogP contribution in [0.4, 0.5) is 0 Å². The van der Waals surface area contributed by atoms with E-state index < -0.39 is 14.5 Å². The average Bonchev–Trinajstić information content (AvgIpc) is 2.59. The van der Waals surface area contributed by atoms with Gasteiger partial charge >= 0.3 is 0 Å². The number of benzene rings is 2. The highest BCUT2D eigenvalue weighted by Crippen LogP contribution is 2.46. The molecule has 118 valence electrons. The minimum atomic E-state index is -0.570. The van der Waals surface area contributed by atoms with E-state index in [0.717, 1.165) is 12.3 Å². The SMILES string of the molecule is CCC(CCP(Cl)c1ccccc1)CP(Cl)c1ccccc1. The van der Waals surface area contributed by atoms with Crippen LogP contribution in [0.5, 0.6) is 0 Å². The van der Waals surface area contributed by atoms with Crippen LogP contribution in [0.3, 0.4) is 0 Å². The van der Waals surface area contributed by atoms with Gasteiger partial charge in [0.1, 0.15) is 0 Å². The van der Waals surface area contributed by atoms with E-state index in [2.05, 4.69) is 55.5 Å². The van der Waals surface area contributed by atoms with Crippen molar-refractivity contribution in [1.29, 1.82) is 0 Å². The van der Waals surface area contributed by atoms with E-state index in [4.69, 9.17) is 22.5 Å². The average molecular weight is 371 g/mol. The van der Waals surface area contributed by atoms with Gasteiger partial charge in [-0.2, -0.15) is 0 Å². The highest BCUT2D eigenvalue weighted by Gasteiger charge is 2.17. The van der Waals surface area contributed by atoms with Crippen molar-refractivity contribution in [1.82, 2.24) is 0 Å². The zero-order valence-corrected chi connectivity index (χ0v) is 16.1. The molecule has 0 amide bonds. The fourth-order valence-electron chi connectivity index (χ4n) is 2.36. The Bertz CT molecular complexity index is 533. The Morgan fingerprint density at radius 1 is 0.818 bits per heavy atom. The summed E-state index contributed by atoms with van der Waals surface area (Å²) in [6, 6.07) is 20.9. The van der Waals surface area contributed by atoms with Gasteiger partial charge in [0.25, 0.3) is 0 Å². The summed E-state index contributed by atoms with van der Waals surface area (Å²) < 4.78 is 0. The van der Waals surface area contributed by atoms with Crippen molar-refractivity contribution < 1.29 is 0 Å². The van der Waals surface area contributed by atoms with Gasteiger partial charge in [-0.3, -0.25) is 0 Å². The van der Waals surface area contributed by atoms with Crippen LogP contribution < -0.4 is 10.6 Å². The predicted molar refractivity (Wildman–Crippen MR) is 106 cm³/mol. The fourth-order valence-corrected chi connectivity index (χ4v) is 6.86. The topological polar surface area (TPSA) is 0 Å². The summed E-state index contributed by atoms with van der Waals surface area (Å²) in [4.78, 5) is 0. The molecule has 0 radical (unpaired) electrons. The summed E-state index contributed by atoms with van der Waals surface area (Å²) in [5, 5.41) is 2.57. The molecular weight excluding hydrogens is 349 g/mol. The lowest BCUT2D eigenvalue weighted by Gasteiger charge is -2.20. The van der Waals surface area contributed by atoms with E-state index in [9.17, 15) is 0 Å². The van der Waals surface area contributed by atoms with Crippen LogP contribution in [0.1, 0.15) is 19.8 Å². The van der Waals surface area contributed by atoms with Crippen LogP contribution >= 0.6 is 37.0 Å². The lowest BCUT2D eigenvalue weighted by atomic mass is 10.1. The van der Waals surface area contributed by atoms with E-state index >= 15 is 0 Å². The number of hydrogen-bond donors (Lipinski definition) is 0. The molecule has 0 aliphatic heterocycles. The van der Waals surface area contributed by atoms with E-state index in [0.29, 0.717) is 5.92 Å². The van der Waals surface area contributed by atoms with Crippen molar-refractivity contribution in [3.8, 4) is 0 Å². The second-order valence-corrected chi connectivity index (χ2v) is 11.1. The maximum Gasteiger partial charge on any atom is 0.0215 e. The summed E-state index contributed by atoms with van der Waals surface area (Å²) >= 11 is 13.2. The standard InChI is InChI=1S/C18H22Cl2P2/c1-2-16(15-22(20)18-11-7-4-8-12-18)13-14-21(19)17-9-5-3-6-10-17/h3-12,16H,2,13-15H2,1H3. The Hall–Kier alpha value is -0.120. The number of halogens is 2. The molecule has 22 heavy (non-hydrogen) atoms. The van der Waals surface area contributed by atoms with E-state index in [1.54, 1.807) is 0 Å². The van der Waals surface area contributed by atoms with E-state index in [1.807, 2.05) is 12.1 Å². The Labute approximate surface area is 146 Å². The first-order valence-electron chi connectivity index (χ1n) is 7.67. The third-order valence-corrected chi connectivity index (χ3v) is 9.10. The van der Waals surface area contributed by atoms with Crippen LogP contribution in [-0.4, -0.2) is 12.3 Å². The highest BCUT2D eigenvalue weighted by molar-refractivity contribution is 7.90. The van der Waals surface area contributed by atoms with Gasteiger partial charge in [0, 0.05) is 14.5 Å². The molecule has 0 spiro atoms. The number of rotatable bonds is 8. The molecule has 0 saturated carbocycles. The highest BCUT2D eigenvalue weighted by atomic mass is 35.7. The van der Waals surface area contributed by atoms with Crippen molar-refractivity contribution in [2.45, 2.75) is 19.8 Å². The summed E-state index contributed by atoms with van der Waals surface area (Å²) in [5.74, 6) is 0.663. The Balaban J connectivity index is 1.84. The molecule has 2 aromatic rings. The van der Waals surface area contributed by atoms with Gasteiger partial charge in [-0.05, 0) is 35.3 Å². The van der Waals surface area contributed by atoms with Crippen molar-refractivity contribution in [2.24, 2.45) is 5.92 Å². The minimum absolute atomic E-state index is 0.557. The largest absolute Gasteiger partial charge is 0.0912 e. The molecule has 0 bridgehead atoms. The van der Waals surface area contributed by atoms with Crippen LogP contribution in [0.2, 0.25) is 0 Å². The molecule has 0 heterocycles. The molecule has 3 unspecified atom stereocenters. The molecule has 0 aliphatic carbocycles. The molecule has 0 aliphatic rings. The maximum atomic E-state index is 6.65. The Kier molecular flexibility index (Phi) is 8.19. The normalized spacial score (nSPS) is 15.2. The van der Waals surface area contributed by atoms with Gasteiger partial charge in [0.05, 0.1) is 0 Å². The molecule has 0 fully saturated rings. The maximum absolute atomic E-state index is 6.65. The van der Waals surface area contributed by atoms with Gasteiger partial charge in [0.2, 0.25) is 0 Å². The third kappa shape index (κ3) is 5.82. The van der Waals surface area contributed by atoms with Crippen LogP contribution in [0.25, 0.3) is 0 Å². The van der Waals surface area contributed by atoms with Crippen molar-refractivity contribution in [3.05, 3.63) is 60.7 Å². The fraction of sp³-hybridized carbons (Fsp3) is 0.333. The summed E-state index contributed by atoms with van der Waals surface area (Å²) in [7, 11) is -1.13. The van der Waals surface area contributed by atoms with Gasteiger partial charge in [-0.1, -0.05) is 96.5 Å². The summed E-state index contributed by atoms with van der Waals surface area (Å²) in [6.07, 6.45) is 4.51. The minimum Gasteiger partial charge on any atom is -0.0912 e. The molecule has 4 heteroatoms. The smallest absolute Gasteiger partial charge is 0.0215 e. The second-order valence-electron chi connectivity index (χ2n) is 5.36. The first-order valence-corrected chi connectivity index (χ1v) is 12.5. The molecule has 0 saturated heterocycles. The van der Waals surface area contributed by atoms with E-state index in [1.165, 1.54) is 23.5 Å². The zero-order chi connectivity index (χ0) is 15.8. The number of hydrogen-bond acceptors (Lipinski definition) is 0. The third-order valence-electron chi connectivity index (χ3n) is 3.80. The predicted octanol–water partition coefficient (Wildman–Crippen LogP) is 6.33. The molecule has 2 aromatic carbocycles. The second kappa shape index (κ2) is 9.89. The monoisotopic (exact) mass is 370 g/mol. The van der Waals surface area contributed by atoms with Crippen LogP contribution in [0.15, 0.2) is 60.7 Å². The van der Waals surface area contributed by atoms with Crippen LogP contribution in [-0.2, 0) is 0 Å². The molecule has 0 N–H and O–H groups in total. The van der Waals surface area contributed by atoms with Crippen molar-refractivity contribution >= 4 is 47.6 Å². The van der Waals surface area contributed by atoms with Gasteiger partial charge in [-0.25, -0.2) is 0 Å². The van der Waals surface area contributed by atoms with Crippen molar-refractivity contribution in [2.75, 3.05) is 12.3 Å². The van der Waals surface area contributed by atoms with Crippen LogP contribution in [0, 0.1) is 5.92 Å². The molecule has 3 atom stereocenters. The zero-order valence-electron chi connectivity index (χ0n) is 12.8. The van der Waals surface area contributed by atoms with Gasteiger partial charge < -0.3 is 0 Å². The lowest BCUT2D eigenvalue weighted by molar-refractivity contribution is 0.556. The first-order chi connectivity index (χ1) is 10.7. The molecule has 2 rings (SSSR count). The first kappa shape index (κ1) is 18.2. The Morgan fingerprint density at radius 3 is 1.82 bits per heavy atom.